The second kappa shape index (κ2) is 10.7. The summed E-state index contributed by atoms with van der Waals surface area (Å²) in [6, 6.07) is 19.1. The van der Waals surface area contributed by atoms with Gasteiger partial charge in [0.25, 0.3) is 5.56 Å². The maximum Gasteiger partial charge on any atom is 0.344 e. The highest BCUT2D eigenvalue weighted by Gasteiger charge is 2.21. The lowest BCUT2D eigenvalue weighted by molar-refractivity contribution is 0.00675. The summed E-state index contributed by atoms with van der Waals surface area (Å²) < 4.78 is 12.4. The molecule has 0 atom stereocenters. The number of anilines is 1. The van der Waals surface area contributed by atoms with Crippen LogP contribution in [0.5, 0.6) is 5.75 Å². The summed E-state index contributed by atoms with van der Waals surface area (Å²) in [5.41, 5.74) is 0.892. The van der Waals surface area contributed by atoms with Gasteiger partial charge in [0.2, 0.25) is 0 Å². The summed E-state index contributed by atoms with van der Waals surface area (Å²) in [7, 11) is 0. The summed E-state index contributed by atoms with van der Waals surface area (Å²) in [5.74, 6) is 0.749. The van der Waals surface area contributed by atoms with Crippen LogP contribution >= 0.6 is 15.9 Å². The number of H-pyrrole nitrogens is 1. The van der Waals surface area contributed by atoms with Gasteiger partial charge in [0.1, 0.15) is 29.3 Å². The largest absolute Gasteiger partial charge is 0.489 e. The Labute approximate surface area is 202 Å². The van der Waals surface area contributed by atoms with Gasteiger partial charge >= 0.3 is 5.97 Å². The maximum absolute atomic E-state index is 12.6. The molecule has 0 fully saturated rings. The van der Waals surface area contributed by atoms with Crippen LogP contribution in [0.3, 0.4) is 0 Å². The van der Waals surface area contributed by atoms with Crippen LogP contribution < -0.4 is 15.2 Å². The third-order valence-electron chi connectivity index (χ3n) is 4.86. The van der Waals surface area contributed by atoms with E-state index in [1.165, 1.54) is 6.07 Å². The monoisotopic (exact) mass is 512 g/mol. The fourth-order valence-electron chi connectivity index (χ4n) is 3.26. The van der Waals surface area contributed by atoms with Gasteiger partial charge in [-0.25, -0.2) is 4.79 Å². The average molecular weight is 513 g/mol. The van der Waals surface area contributed by atoms with Gasteiger partial charge in [0.15, 0.2) is 0 Å². The first-order valence-corrected chi connectivity index (χ1v) is 11.6. The van der Waals surface area contributed by atoms with Crippen molar-refractivity contribution in [3.05, 3.63) is 92.2 Å². The number of aromatic nitrogens is 1. The molecule has 6 nitrogen and oxygen atoms in total. The molecule has 3 aromatic rings. The van der Waals surface area contributed by atoms with Crippen molar-refractivity contribution in [2.75, 3.05) is 11.4 Å². The van der Waals surface area contributed by atoms with E-state index in [4.69, 9.17) is 9.47 Å². The van der Waals surface area contributed by atoms with Crippen LogP contribution in [0.1, 0.15) is 49.2 Å². The number of aromatic amines is 1. The molecule has 0 unspecified atom stereocenters. The maximum atomic E-state index is 12.6. The predicted octanol–water partition coefficient (Wildman–Crippen LogP) is 5.70. The molecule has 0 spiro atoms. The Kier molecular flexibility index (Phi) is 7.97. The van der Waals surface area contributed by atoms with Crippen molar-refractivity contribution in [1.29, 1.82) is 0 Å². The molecule has 174 valence electrons. The molecule has 2 aromatic carbocycles. The molecule has 33 heavy (non-hydrogen) atoms. The smallest absolute Gasteiger partial charge is 0.344 e. The first kappa shape index (κ1) is 24.6. The molecular weight excluding hydrogens is 484 g/mol. The fourth-order valence-corrected chi connectivity index (χ4v) is 3.67. The van der Waals surface area contributed by atoms with Crippen LogP contribution in [0, 0.1) is 0 Å². The Bertz CT molecular complexity index is 1150. The number of pyridine rings is 1. The zero-order valence-electron chi connectivity index (χ0n) is 19.4. The van der Waals surface area contributed by atoms with E-state index in [-0.39, 0.29) is 5.56 Å². The first-order chi connectivity index (χ1) is 15.7. The number of carbonyl (C=O) groups excluding carboxylic acids is 1. The van der Waals surface area contributed by atoms with E-state index in [2.05, 4.69) is 20.9 Å². The average Bonchev–Trinajstić information content (AvgIpc) is 2.76. The summed E-state index contributed by atoms with van der Waals surface area (Å²) in [4.78, 5) is 29.8. The summed E-state index contributed by atoms with van der Waals surface area (Å²) >= 11 is 3.54. The standard InChI is InChI=1S/C26H29BrN2O4/c1-5-29(23-14-12-21(24(30)28-23)25(31)33-26(2,3)4)16-19-15-20(27)11-13-22(19)32-17-18-9-7-6-8-10-18/h6-15H,5,16-17H2,1-4H3,(H,28,30). The summed E-state index contributed by atoms with van der Waals surface area (Å²) in [6.45, 7) is 8.92. The Morgan fingerprint density at radius 2 is 1.79 bits per heavy atom. The zero-order valence-corrected chi connectivity index (χ0v) is 20.9. The molecule has 7 heteroatoms. The summed E-state index contributed by atoms with van der Waals surface area (Å²) in [5, 5.41) is 0. The van der Waals surface area contributed by atoms with Gasteiger partial charge in [-0.3, -0.25) is 4.79 Å². The van der Waals surface area contributed by atoms with Gasteiger partial charge in [-0.1, -0.05) is 46.3 Å². The number of nitrogens with zero attached hydrogens (tertiary/aromatic N) is 1. The molecule has 0 bridgehead atoms. The zero-order chi connectivity index (χ0) is 24.0. The van der Waals surface area contributed by atoms with E-state index in [0.29, 0.717) is 25.5 Å². The fraction of sp³-hybridized carbons (Fsp3) is 0.308. The Balaban J connectivity index is 1.80. The highest BCUT2D eigenvalue weighted by Crippen LogP contribution is 2.27. The van der Waals surface area contributed by atoms with Crippen molar-refractivity contribution in [1.82, 2.24) is 4.98 Å². The van der Waals surface area contributed by atoms with E-state index in [9.17, 15) is 9.59 Å². The molecule has 0 aliphatic heterocycles. The Morgan fingerprint density at radius 3 is 2.42 bits per heavy atom. The lowest BCUT2D eigenvalue weighted by atomic mass is 10.1. The van der Waals surface area contributed by atoms with Crippen molar-refractivity contribution < 1.29 is 14.3 Å². The number of benzene rings is 2. The third kappa shape index (κ3) is 6.96. The number of esters is 1. The third-order valence-corrected chi connectivity index (χ3v) is 5.35. The second-order valence-corrected chi connectivity index (χ2v) is 9.54. The number of carbonyl (C=O) groups is 1. The molecule has 0 saturated carbocycles. The lowest BCUT2D eigenvalue weighted by Gasteiger charge is -2.24. The van der Waals surface area contributed by atoms with Gasteiger partial charge in [-0.05, 0) is 63.6 Å². The van der Waals surface area contributed by atoms with Crippen molar-refractivity contribution >= 4 is 27.7 Å². The molecule has 1 aromatic heterocycles. The highest BCUT2D eigenvalue weighted by atomic mass is 79.9. The minimum Gasteiger partial charge on any atom is -0.489 e. The number of ether oxygens (including phenoxy) is 2. The number of halogens is 1. The quantitative estimate of drug-likeness (QED) is 0.392. The van der Waals surface area contributed by atoms with Crippen LogP contribution in [0.4, 0.5) is 5.82 Å². The van der Waals surface area contributed by atoms with E-state index < -0.39 is 17.1 Å². The van der Waals surface area contributed by atoms with Gasteiger partial charge < -0.3 is 19.4 Å². The Hall–Kier alpha value is -3.06. The number of rotatable bonds is 8. The van der Waals surface area contributed by atoms with Crippen LogP contribution in [0.2, 0.25) is 0 Å². The topological polar surface area (TPSA) is 71.6 Å². The Morgan fingerprint density at radius 1 is 1.06 bits per heavy atom. The number of nitrogens with one attached hydrogen (secondary N) is 1. The predicted molar refractivity (Wildman–Crippen MR) is 134 cm³/mol. The van der Waals surface area contributed by atoms with Crippen molar-refractivity contribution in [2.24, 2.45) is 0 Å². The molecule has 0 saturated heterocycles. The SMILES string of the molecule is CCN(Cc1cc(Br)ccc1OCc1ccccc1)c1ccc(C(=O)OC(C)(C)C)c(=O)[nH]1. The van der Waals surface area contributed by atoms with E-state index in [1.807, 2.05) is 60.4 Å². The molecule has 3 rings (SSSR count). The van der Waals surface area contributed by atoms with E-state index in [0.717, 1.165) is 21.3 Å². The lowest BCUT2D eigenvalue weighted by Crippen LogP contribution is -2.30. The minimum atomic E-state index is -0.672. The molecule has 0 radical (unpaired) electrons. The molecule has 0 amide bonds. The molecule has 0 aliphatic rings. The van der Waals surface area contributed by atoms with Crippen molar-refractivity contribution in [3.8, 4) is 5.75 Å². The van der Waals surface area contributed by atoms with Crippen LogP contribution in [-0.2, 0) is 17.9 Å². The van der Waals surface area contributed by atoms with Crippen molar-refractivity contribution in [2.45, 2.75) is 46.4 Å². The number of hydrogen-bond acceptors (Lipinski definition) is 5. The second-order valence-electron chi connectivity index (χ2n) is 8.63. The molecule has 1 heterocycles. The number of hydrogen-bond donors (Lipinski definition) is 1. The first-order valence-electron chi connectivity index (χ1n) is 10.8. The van der Waals surface area contributed by atoms with Crippen LogP contribution in [0.15, 0.2) is 69.9 Å². The van der Waals surface area contributed by atoms with Gasteiger partial charge in [0, 0.05) is 23.1 Å². The molecular formula is C26H29BrN2O4. The van der Waals surface area contributed by atoms with Crippen LogP contribution in [0.25, 0.3) is 0 Å². The minimum absolute atomic E-state index is 0.0148. The summed E-state index contributed by atoms with van der Waals surface area (Å²) in [6.07, 6.45) is 0. The highest BCUT2D eigenvalue weighted by molar-refractivity contribution is 9.10. The van der Waals surface area contributed by atoms with Gasteiger partial charge in [-0.15, -0.1) is 0 Å². The molecule has 1 N–H and O–H groups in total. The van der Waals surface area contributed by atoms with Gasteiger partial charge in [-0.2, -0.15) is 0 Å². The normalized spacial score (nSPS) is 11.2. The van der Waals surface area contributed by atoms with Crippen LogP contribution in [-0.4, -0.2) is 23.1 Å². The molecule has 0 aliphatic carbocycles. The van der Waals surface area contributed by atoms with E-state index in [1.54, 1.807) is 26.8 Å². The van der Waals surface area contributed by atoms with E-state index >= 15 is 0 Å². The van der Waals surface area contributed by atoms with Crippen molar-refractivity contribution in [3.63, 3.8) is 0 Å². The van der Waals surface area contributed by atoms with Gasteiger partial charge in [0.05, 0.1) is 0 Å².